The minimum atomic E-state index is -3.15. The van der Waals surface area contributed by atoms with Gasteiger partial charge in [-0.3, -0.25) is 0 Å². The van der Waals surface area contributed by atoms with Crippen molar-refractivity contribution in [2.75, 3.05) is 6.61 Å². The summed E-state index contributed by atoms with van der Waals surface area (Å²) >= 11 is 0. The van der Waals surface area contributed by atoms with Crippen molar-refractivity contribution >= 4 is 43.7 Å². The molecule has 7 nitrogen and oxygen atoms in total. The van der Waals surface area contributed by atoms with Crippen LogP contribution in [0.25, 0.3) is 0 Å². The minimum Gasteiger partial charge on any atom is -0.399 e. The molecule has 0 radical (unpaired) electrons. The molecular formula is C53H64O7Si2. The number of ether oxygens (including phenoxy) is 4. The second-order valence-corrected chi connectivity index (χ2v) is 27.8. The summed E-state index contributed by atoms with van der Waals surface area (Å²) in [4.78, 5) is 12.0. The third-order valence-electron chi connectivity index (χ3n) is 13.3. The molecule has 3 aliphatic heterocycles. The van der Waals surface area contributed by atoms with Crippen molar-refractivity contribution in [3.05, 3.63) is 157 Å². The zero-order valence-electron chi connectivity index (χ0n) is 37.2. The van der Waals surface area contributed by atoms with Crippen LogP contribution >= 0.6 is 0 Å². The lowest BCUT2D eigenvalue weighted by atomic mass is 9.88. The molecule has 3 fully saturated rings. The summed E-state index contributed by atoms with van der Waals surface area (Å²) in [6.45, 7) is 14.9. The predicted octanol–water partition coefficient (Wildman–Crippen LogP) is 8.16. The van der Waals surface area contributed by atoms with E-state index in [-0.39, 0.29) is 28.4 Å². The van der Waals surface area contributed by atoms with E-state index < -0.39 is 47.2 Å². The number of hydrogen-bond acceptors (Lipinski definition) is 7. The summed E-state index contributed by atoms with van der Waals surface area (Å²) in [6.07, 6.45) is 0.0266. The Morgan fingerprint density at radius 3 is 1.44 bits per heavy atom. The highest BCUT2D eigenvalue weighted by Crippen LogP contribution is 2.48. The lowest BCUT2D eigenvalue weighted by Gasteiger charge is -2.53. The molecule has 0 aromatic heterocycles. The topological polar surface area (TPSA) is 72.5 Å². The monoisotopic (exact) mass is 868 g/mol. The summed E-state index contributed by atoms with van der Waals surface area (Å²) in [6, 6.07) is 53.5. The maximum Gasteiger partial charge on any atom is 0.261 e. The Kier molecular flexibility index (Phi) is 13.6. The Bertz CT molecular complexity index is 2080. The largest absolute Gasteiger partial charge is 0.399 e. The molecule has 0 amide bonds. The van der Waals surface area contributed by atoms with Crippen LogP contribution in [0.1, 0.15) is 72.8 Å². The number of aldehydes is 1. The molecular weight excluding hydrogens is 805 g/mol. The molecule has 3 heterocycles. The van der Waals surface area contributed by atoms with Crippen LogP contribution in [-0.2, 0) is 39.2 Å². The summed E-state index contributed by atoms with van der Waals surface area (Å²) in [7, 11) is -6.26. The van der Waals surface area contributed by atoms with Crippen LogP contribution < -0.4 is 20.7 Å². The highest BCUT2D eigenvalue weighted by Gasteiger charge is 2.64. The maximum atomic E-state index is 12.0. The van der Waals surface area contributed by atoms with E-state index in [1.54, 1.807) is 0 Å². The molecule has 3 aliphatic rings. The zero-order chi connectivity index (χ0) is 43.4. The second kappa shape index (κ2) is 19.0. The first kappa shape index (κ1) is 44.6. The summed E-state index contributed by atoms with van der Waals surface area (Å²) in [5, 5.41) is 4.19. The Morgan fingerprint density at radius 2 is 0.984 bits per heavy atom. The zero-order valence-corrected chi connectivity index (χ0v) is 39.2. The van der Waals surface area contributed by atoms with Gasteiger partial charge in [0.2, 0.25) is 0 Å². The fourth-order valence-corrected chi connectivity index (χ4v) is 19.8. The van der Waals surface area contributed by atoms with Crippen LogP contribution in [0, 0.1) is 0 Å². The molecule has 5 aromatic rings. The average Bonchev–Trinajstić information content (AvgIpc) is 3.62. The second-order valence-electron chi connectivity index (χ2n) is 19.3. The molecule has 3 saturated heterocycles. The van der Waals surface area contributed by atoms with Gasteiger partial charge in [-0.2, -0.15) is 0 Å². The molecule has 0 bridgehead atoms. The van der Waals surface area contributed by atoms with E-state index in [2.05, 4.69) is 175 Å². The van der Waals surface area contributed by atoms with Crippen LogP contribution in [0.15, 0.2) is 152 Å². The van der Waals surface area contributed by atoms with Crippen LogP contribution in [-0.4, -0.2) is 78.4 Å². The van der Waals surface area contributed by atoms with Crippen molar-refractivity contribution in [2.24, 2.45) is 0 Å². The van der Waals surface area contributed by atoms with E-state index in [9.17, 15) is 4.79 Å². The Labute approximate surface area is 371 Å². The summed E-state index contributed by atoms with van der Waals surface area (Å²) < 4.78 is 44.5. The Balaban J connectivity index is 1.26. The molecule has 9 heteroatoms. The molecule has 0 spiro atoms. The average molecular weight is 869 g/mol. The first-order chi connectivity index (χ1) is 30.0. The highest BCUT2D eigenvalue weighted by atomic mass is 28.4. The van der Waals surface area contributed by atoms with Gasteiger partial charge in [0.05, 0.1) is 24.9 Å². The summed E-state index contributed by atoms with van der Waals surface area (Å²) in [5.41, 5.74) is 1.13. The summed E-state index contributed by atoms with van der Waals surface area (Å²) in [5.74, 6) is 0. The van der Waals surface area contributed by atoms with Crippen molar-refractivity contribution in [2.45, 2.75) is 133 Å². The van der Waals surface area contributed by atoms with Gasteiger partial charge in [0.15, 0.2) is 0 Å². The molecule has 0 N–H and O–H groups in total. The quantitative estimate of drug-likeness (QED) is 0.0598. The van der Waals surface area contributed by atoms with Crippen molar-refractivity contribution in [3.63, 3.8) is 0 Å². The van der Waals surface area contributed by atoms with Crippen molar-refractivity contribution in [3.8, 4) is 0 Å². The predicted molar refractivity (Wildman–Crippen MR) is 252 cm³/mol. The van der Waals surface area contributed by atoms with Gasteiger partial charge < -0.3 is 32.6 Å². The number of hydrogen-bond donors (Lipinski definition) is 0. The van der Waals surface area contributed by atoms with Crippen molar-refractivity contribution < 1.29 is 32.6 Å². The van der Waals surface area contributed by atoms with Gasteiger partial charge in [-0.1, -0.05) is 193 Å². The highest BCUT2D eigenvalue weighted by molar-refractivity contribution is 7.00. The first-order valence-corrected chi connectivity index (χ1v) is 26.4. The van der Waals surface area contributed by atoms with E-state index in [4.69, 9.17) is 27.8 Å². The van der Waals surface area contributed by atoms with Gasteiger partial charge in [-0.05, 0) is 55.6 Å². The van der Waals surface area contributed by atoms with Crippen LogP contribution in [0.3, 0.4) is 0 Å². The van der Waals surface area contributed by atoms with Crippen LogP contribution in [0.2, 0.25) is 10.1 Å². The van der Waals surface area contributed by atoms with E-state index in [0.717, 1.165) is 24.7 Å². The van der Waals surface area contributed by atoms with E-state index in [1.165, 1.54) is 20.7 Å². The van der Waals surface area contributed by atoms with Gasteiger partial charge in [0.25, 0.3) is 16.6 Å². The number of carbonyl (C=O) groups excluding carboxylic acids is 1. The Hall–Kier alpha value is -4.04. The van der Waals surface area contributed by atoms with E-state index in [1.807, 2.05) is 18.2 Å². The normalized spacial score (nSPS) is 25.5. The third-order valence-corrected chi connectivity index (χ3v) is 23.4. The molecule has 5 aromatic carbocycles. The first-order valence-electron chi connectivity index (χ1n) is 22.6. The molecule has 0 aliphatic carbocycles. The smallest absolute Gasteiger partial charge is 0.261 e. The minimum absolute atomic E-state index is 0.230. The molecule has 0 saturated carbocycles. The molecule has 0 unspecified atom stereocenters. The fourth-order valence-electron chi connectivity index (χ4n) is 10.4. The van der Waals surface area contributed by atoms with Gasteiger partial charge in [-0.25, -0.2) is 0 Å². The van der Waals surface area contributed by atoms with Crippen LogP contribution in [0.4, 0.5) is 0 Å². The Morgan fingerprint density at radius 1 is 0.548 bits per heavy atom. The lowest BCUT2D eigenvalue weighted by molar-refractivity contribution is -0.254. The SMILES string of the molecule is CC(C)(C)[Si](O[C@@H]1[C@@H]2O[C@H](CCOCc3ccccc3)[C@H](O[Si](c3ccccc3)(c3ccccc3)C(C)(C)C)[C@@H]2O[C@H]2CC[C@H](CC=O)O[C@H]12)(c1ccccc1)c1ccccc1. The number of benzene rings is 5. The van der Waals surface area contributed by atoms with Gasteiger partial charge >= 0.3 is 0 Å². The standard InChI is InChI=1S/C53H64O7Si2/c1-52(2,3)61(41-24-14-8-15-25-41,42-26-16-9-17-27-42)59-48-46(35-37-55-38-39-22-12-7-13-23-39)58-50-49(48)57-45-33-32-40(34-36-54)56-47(45)51(50)60-62(53(4,5)6,43-28-18-10-19-29-43)44-30-20-11-21-31-44/h7-31,36,40,45-51H,32-35,37-38H2,1-6H3/t40-,45+,46-,47+,48+,49+,50-,51+/m1/s1. The maximum absolute atomic E-state index is 12.0. The van der Waals surface area contributed by atoms with E-state index >= 15 is 0 Å². The fraction of sp³-hybridized carbons (Fsp3) is 0.415. The third kappa shape index (κ3) is 8.76. The van der Waals surface area contributed by atoms with Crippen molar-refractivity contribution in [1.29, 1.82) is 0 Å². The molecule has 326 valence electrons. The van der Waals surface area contributed by atoms with Crippen LogP contribution in [0.5, 0.6) is 0 Å². The van der Waals surface area contributed by atoms with Crippen molar-refractivity contribution in [1.82, 2.24) is 0 Å². The molecule has 62 heavy (non-hydrogen) atoms. The molecule has 8 atom stereocenters. The lowest BCUT2D eigenvalue weighted by Crippen LogP contribution is -2.73. The van der Waals surface area contributed by atoms with Gasteiger partial charge in [-0.15, -0.1) is 0 Å². The van der Waals surface area contributed by atoms with Gasteiger partial charge in [0, 0.05) is 13.0 Å². The molecule has 8 rings (SSSR count). The van der Waals surface area contributed by atoms with E-state index in [0.29, 0.717) is 26.1 Å². The number of fused-ring (bicyclic) bond motifs is 2. The number of rotatable bonds is 15. The van der Waals surface area contributed by atoms with Gasteiger partial charge in [0.1, 0.15) is 36.8 Å². The number of carbonyl (C=O) groups is 1.